The molecule has 0 atom stereocenters. The van der Waals surface area contributed by atoms with Gasteiger partial charge in [0.05, 0.1) is 7.11 Å². The molecule has 4 nitrogen and oxygen atoms in total. The number of hydrogen-bond donors (Lipinski definition) is 0. The molecule has 0 saturated carbocycles. The lowest BCUT2D eigenvalue weighted by Crippen LogP contribution is -2.48. The molecular weight excluding hydrogens is 336 g/mol. The zero-order valence-corrected chi connectivity index (χ0v) is 16.0. The molecule has 27 heavy (non-hydrogen) atoms. The Morgan fingerprint density at radius 2 is 1.70 bits per heavy atom. The molecule has 1 aliphatic rings. The van der Waals surface area contributed by atoms with E-state index in [1.807, 2.05) is 35.2 Å². The van der Waals surface area contributed by atoms with Crippen molar-refractivity contribution in [2.24, 2.45) is 0 Å². The van der Waals surface area contributed by atoms with E-state index in [1.54, 1.807) is 7.11 Å². The average Bonchev–Trinajstić information content (AvgIpc) is 2.73. The second kappa shape index (κ2) is 9.93. The molecule has 0 bridgehead atoms. The fraction of sp³-hybridized carbons (Fsp3) is 0.348. The molecular formula is C23H28N2O2. The van der Waals surface area contributed by atoms with Gasteiger partial charge in [-0.25, -0.2) is 0 Å². The zero-order valence-electron chi connectivity index (χ0n) is 16.0. The van der Waals surface area contributed by atoms with Crippen LogP contribution in [0.15, 0.2) is 60.7 Å². The van der Waals surface area contributed by atoms with Crippen LogP contribution in [0.1, 0.15) is 17.5 Å². The highest BCUT2D eigenvalue weighted by molar-refractivity contribution is 5.76. The lowest BCUT2D eigenvalue weighted by Gasteiger charge is -2.34. The van der Waals surface area contributed by atoms with Crippen molar-refractivity contribution < 1.29 is 9.53 Å². The normalized spacial score (nSPS) is 15.2. The third kappa shape index (κ3) is 5.97. The first-order valence-electron chi connectivity index (χ1n) is 9.59. The van der Waals surface area contributed by atoms with Gasteiger partial charge in [-0.2, -0.15) is 0 Å². The van der Waals surface area contributed by atoms with Gasteiger partial charge < -0.3 is 9.64 Å². The van der Waals surface area contributed by atoms with Gasteiger partial charge in [-0.3, -0.25) is 9.69 Å². The van der Waals surface area contributed by atoms with Gasteiger partial charge in [-0.05, 0) is 29.7 Å². The van der Waals surface area contributed by atoms with E-state index in [9.17, 15) is 4.79 Å². The summed E-state index contributed by atoms with van der Waals surface area (Å²) in [7, 11) is 1.66. The summed E-state index contributed by atoms with van der Waals surface area (Å²) in [5.74, 6) is 1.10. The molecule has 0 aliphatic carbocycles. The summed E-state index contributed by atoms with van der Waals surface area (Å²) >= 11 is 0. The van der Waals surface area contributed by atoms with Gasteiger partial charge >= 0.3 is 0 Å². The minimum atomic E-state index is 0.255. The molecule has 1 fully saturated rings. The number of carbonyl (C=O) groups is 1. The fourth-order valence-corrected chi connectivity index (χ4v) is 3.28. The van der Waals surface area contributed by atoms with Crippen LogP contribution in [0.3, 0.4) is 0 Å². The smallest absolute Gasteiger partial charge is 0.222 e. The highest BCUT2D eigenvalue weighted by Gasteiger charge is 2.20. The van der Waals surface area contributed by atoms with E-state index in [2.05, 4.69) is 41.3 Å². The topological polar surface area (TPSA) is 32.8 Å². The maximum Gasteiger partial charge on any atom is 0.222 e. The molecule has 0 N–H and O–H groups in total. The first-order valence-corrected chi connectivity index (χ1v) is 9.59. The molecule has 0 unspecified atom stereocenters. The third-order valence-electron chi connectivity index (χ3n) is 4.99. The van der Waals surface area contributed by atoms with Crippen LogP contribution in [0.5, 0.6) is 5.75 Å². The maximum atomic E-state index is 12.5. The van der Waals surface area contributed by atoms with Gasteiger partial charge in [-0.1, -0.05) is 54.6 Å². The lowest BCUT2D eigenvalue weighted by atomic mass is 10.1. The second-order valence-corrected chi connectivity index (χ2v) is 6.84. The highest BCUT2D eigenvalue weighted by atomic mass is 16.5. The number of aryl methyl sites for hydroxylation is 1. The van der Waals surface area contributed by atoms with Crippen LogP contribution in [0.2, 0.25) is 0 Å². The molecule has 1 aliphatic heterocycles. The van der Waals surface area contributed by atoms with Crippen LogP contribution in [0.4, 0.5) is 0 Å². The predicted octanol–water partition coefficient (Wildman–Crippen LogP) is 3.49. The van der Waals surface area contributed by atoms with Gasteiger partial charge in [0.25, 0.3) is 0 Å². The first kappa shape index (κ1) is 19.2. The number of ether oxygens (including phenoxy) is 1. The number of piperazine rings is 1. The van der Waals surface area contributed by atoms with E-state index in [1.165, 1.54) is 11.1 Å². The van der Waals surface area contributed by atoms with E-state index in [-0.39, 0.29) is 5.91 Å². The number of amides is 1. The summed E-state index contributed by atoms with van der Waals surface area (Å²) in [5, 5.41) is 0. The Morgan fingerprint density at radius 3 is 2.37 bits per heavy atom. The summed E-state index contributed by atoms with van der Waals surface area (Å²) in [4.78, 5) is 16.9. The van der Waals surface area contributed by atoms with E-state index in [0.717, 1.165) is 44.9 Å². The Morgan fingerprint density at radius 1 is 1.00 bits per heavy atom. The van der Waals surface area contributed by atoms with Crippen molar-refractivity contribution >= 4 is 12.0 Å². The van der Waals surface area contributed by atoms with Gasteiger partial charge in [0, 0.05) is 39.1 Å². The molecule has 0 aromatic heterocycles. The Balaban J connectivity index is 1.37. The SMILES string of the molecule is COc1ccc(CCC(=O)N2CCN(C/C=C/c3ccccc3)CC2)cc1. The Labute approximate surface area is 162 Å². The van der Waals surface area contributed by atoms with Gasteiger partial charge in [0.1, 0.15) is 5.75 Å². The fourth-order valence-electron chi connectivity index (χ4n) is 3.28. The average molecular weight is 364 g/mol. The lowest BCUT2D eigenvalue weighted by molar-refractivity contribution is -0.132. The molecule has 1 saturated heterocycles. The Bertz CT molecular complexity index is 733. The third-order valence-corrected chi connectivity index (χ3v) is 4.99. The number of rotatable bonds is 7. The molecule has 2 aromatic rings. The van der Waals surface area contributed by atoms with Crippen LogP contribution < -0.4 is 4.74 Å². The monoisotopic (exact) mass is 364 g/mol. The summed E-state index contributed by atoms with van der Waals surface area (Å²) in [6, 6.07) is 18.3. The largest absolute Gasteiger partial charge is 0.497 e. The molecule has 1 heterocycles. The standard InChI is InChI=1S/C23H28N2O2/c1-27-22-12-9-21(10-13-22)11-14-23(26)25-18-16-24(17-19-25)15-5-8-20-6-3-2-4-7-20/h2-10,12-13H,11,14-19H2,1H3/b8-5+. The van der Waals surface area contributed by atoms with Gasteiger partial charge in [0.15, 0.2) is 0 Å². The first-order chi connectivity index (χ1) is 13.2. The molecule has 2 aromatic carbocycles. The van der Waals surface area contributed by atoms with E-state index < -0.39 is 0 Å². The zero-order chi connectivity index (χ0) is 18.9. The number of hydrogen-bond acceptors (Lipinski definition) is 3. The second-order valence-electron chi connectivity index (χ2n) is 6.84. The van der Waals surface area contributed by atoms with Crippen molar-refractivity contribution in [2.45, 2.75) is 12.8 Å². The minimum Gasteiger partial charge on any atom is -0.497 e. The van der Waals surface area contributed by atoms with Gasteiger partial charge in [0.2, 0.25) is 5.91 Å². The van der Waals surface area contributed by atoms with Crippen molar-refractivity contribution in [1.29, 1.82) is 0 Å². The van der Waals surface area contributed by atoms with Crippen molar-refractivity contribution in [3.63, 3.8) is 0 Å². The van der Waals surface area contributed by atoms with E-state index >= 15 is 0 Å². The quantitative estimate of drug-likeness (QED) is 0.754. The van der Waals surface area contributed by atoms with Crippen molar-refractivity contribution in [3.8, 4) is 5.75 Å². The molecule has 0 radical (unpaired) electrons. The molecule has 1 amide bonds. The van der Waals surface area contributed by atoms with Crippen molar-refractivity contribution in [1.82, 2.24) is 9.80 Å². The number of benzene rings is 2. The number of carbonyl (C=O) groups excluding carboxylic acids is 1. The van der Waals surface area contributed by atoms with Crippen LogP contribution in [-0.4, -0.2) is 55.5 Å². The minimum absolute atomic E-state index is 0.255. The van der Waals surface area contributed by atoms with E-state index in [0.29, 0.717) is 6.42 Å². The Hall–Kier alpha value is -2.59. The summed E-state index contributed by atoms with van der Waals surface area (Å²) in [6.07, 6.45) is 5.71. The van der Waals surface area contributed by atoms with Gasteiger partial charge in [-0.15, -0.1) is 0 Å². The number of methoxy groups -OCH3 is 1. The predicted molar refractivity (Wildman–Crippen MR) is 110 cm³/mol. The van der Waals surface area contributed by atoms with Crippen molar-refractivity contribution in [3.05, 3.63) is 71.8 Å². The van der Waals surface area contributed by atoms with Crippen LogP contribution >= 0.6 is 0 Å². The number of nitrogens with zero attached hydrogens (tertiary/aromatic N) is 2. The van der Waals surface area contributed by atoms with Crippen LogP contribution in [0.25, 0.3) is 6.08 Å². The highest BCUT2D eigenvalue weighted by Crippen LogP contribution is 2.13. The summed E-state index contributed by atoms with van der Waals surface area (Å²) < 4.78 is 5.17. The summed E-state index contributed by atoms with van der Waals surface area (Å²) in [6.45, 7) is 4.45. The van der Waals surface area contributed by atoms with E-state index in [4.69, 9.17) is 4.74 Å². The van der Waals surface area contributed by atoms with Crippen LogP contribution in [0, 0.1) is 0 Å². The summed E-state index contributed by atoms with van der Waals surface area (Å²) in [5.41, 5.74) is 2.40. The maximum absolute atomic E-state index is 12.5. The molecule has 4 heteroatoms. The molecule has 3 rings (SSSR count). The van der Waals surface area contributed by atoms with Crippen LogP contribution in [-0.2, 0) is 11.2 Å². The molecule has 0 spiro atoms. The molecule has 142 valence electrons. The van der Waals surface area contributed by atoms with Crippen molar-refractivity contribution in [2.75, 3.05) is 39.8 Å². The Kier molecular flexibility index (Phi) is 7.05.